The lowest BCUT2D eigenvalue weighted by Gasteiger charge is -2.27. The van der Waals surface area contributed by atoms with Gasteiger partial charge in [0, 0.05) is 11.9 Å². The van der Waals surface area contributed by atoms with E-state index in [4.69, 9.17) is 5.73 Å². The summed E-state index contributed by atoms with van der Waals surface area (Å²) in [5.41, 5.74) is 7.22. The summed E-state index contributed by atoms with van der Waals surface area (Å²) in [6.45, 7) is 6.88. The SMILES string of the molecule is CC(C)(C)CC(NC(=O)c1csc(CN)n1)c1ccccc1.Cl. The van der Waals surface area contributed by atoms with E-state index in [1.165, 1.54) is 11.3 Å². The van der Waals surface area contributed by atoms with Crippen LogP contribution in [0.25, 0.3) is 0 Å². The van der Waals surface area contributed by atoms with Gasteiger partial charge in [-0.15, -0.1) is 23.7 Å². The van der Waals surface area contributed by atoms with Gasteiger partial charge in [-0.3, -0.25) is 4.79 Å². The summed E-state index contributed by atoms with van der Waals surface area (Å²) in [5, 5.41) is 5.64. The first-order chi connectivity index (χ1) is 10.4. The van der Waals surface area contributed by atoms with Gasteiger partial charge < -0.3 is 11.1 Å². The van der Waals surface area contributed by atoms with Crippen molar-refractivity contribution in [1.29, 1.82) is 0 Å². The van der Waals surface area contributed by atoms with Gasteiger partial charge in [-0.05, 0) is 17.4 Å². The molecule has 1 heterocycles. The van der Waals surface area contributed by atoms with Crippen LogP contribution in [0, 0.1) is 5.41 Å². The number of benzene rings is 1. The Labute approximate surface area is 147 Å². The minimum Gasteiger partial charge on any atom is -0.344 e. The predicted octanol–water partition coefficient (Wildman–Crippen LogP) is 3.93. The van der Waals surface area contributed by atoms with E-state index in [1.807, 2.05) is 30.3 Å². The molecule has 23 heavy (non-hydrogen) atoms. The number of nitrogens with one attached hydrogen (secondary N) is 1. The number of carbonyl (C=O) groups excluding carboxylic acids is 1. The number of nitrogens with two attached hydrogens (primary N) is 1. The zero-order valence-electron chi connectivity index (χ0n) is 13.7. The Hall–Kier alpha value is -1.43. The lowest BCUT2D eigenvalue weighted by Crippen LogP contribution is -2.31. The zero-order valence-corrected chi connectivity index (χ0v) is 15.3. The van der Waals surface area contributed by atoms with Crippen molar-refractivity contribution in [3.8, 4) is 0 Å². The molecule has 1 aromatic heterocycles. The first-order valence-electron chi connectivity index (χ1n) is 7.39. The molecule has 0 spiro atoms. The van der Waals surface area contributed by atoms with Crippen LogP contribution in [0.1, 0.15) is 54.3 Å². The van der Waals surface area contributed by atoms with Crippen LogP contribution in [0.5, 0.6) is 0 Å². The Morgan fingerprint density at radius 3 is 2.48 bits per heavy atom. The summed E-state index contributed by atoms with van der Waals surface area (Å²) in [6, 6.07) is 10.0. The van der Waals surface area contributed by atoms with Crippen LogP contribution >= 0.6 is 23.7 Å². The maximum Gasteiger partial charge on any atom is 0.271 e. The van der Waals surface area contributed by atoms with Crippen LogP contribution in [0.15, 0.2) is 35.7 Å². The number of amides is 1. The van der Waals surface area contributed by atoms with Crippen LogP contribution in [-0.2, 0) is 6.54 Å². The summed E-state index contributed by atoms with van der Waals surface area (Å²) in [6.07, 6.45) is 0.858. The molecule has 0 aliphatic rings. The minimum absolute atomic E-state index is 0. The summed E-state index contributed by atoms with van der Waals surface area (Å²) >= 11 is 1.42. The number of rotatable bonds is 5. The number of thiazole rings is 1. The molecule has 0 fully saturated rings. The van der Waals surface area contributed by atoms with Crippen molar-refractivity contribution in [2.24, 2.45) is 11.1 Å². The molecule has 0 saturated carbocycles. The summed E-state index contributed by atoms with van der Waals surface area (Å²) < 4.78 is 0. The third-order valence-corrected chi connectivity index (χ3v) is 4.15. The van der Waals surface area contributed by atoms with Crippen molar-refractivity contribution in [3.63, 3.8) is 0 Å². The molecule has 2 rings (SSSR count). The van der Waals surface area contributed by atoms with E-state index >= 15 is 0 Å². The van der Waals surface area contributed by atoms with Gasteiger partial charge in [0.1, 0.15) is 10.7 Å². The highest BCUT2D eigenvalue weighted by atomic mass is 35.5. The molecule has 3 N–H and O–H groups in total. The molecule has 126 valence electrons. The molecule has 0 saturated heterocycles. The van der Waals surface area contributed by atoms with Crippen molar-refractivity contribution in [1.82, 2.24) is 10.3 Å². The molecule has 0 radical (unpaired) electrons. The van der Waals surface area contributed by atoms with Crippen molar-refractivity contribution < 1.29 is 4.79 Å². The van der Waals surface area contributed by atoms with Crippen LogP contribution in [0.3, 0.4) is 0 Å². The first kappa shape index (κ1) is 19.6. The number of carbonyl (C=O) groups is 1. The average molecular weight is 354 g/mol. The summed E-state index contributed by atoms with van der Waals surface area (Å²) in [7, 11) is 0. The second-order valence-corrected chi connectivity index (χ2v) is 7.47. The van der Waals surface area contributed by atoms with Crippen LogP contribution in [0.4, 0.5) is 0 Å². The van der Waals surface area contributed by atoms with Crippen LogP contribution < -0.4 is 11.1 Å². The maximum atomic E-state index is 12.4. The van der Waals surface area contributed by atoms with Gasteiger partial charge in [-0.1, -0.05) is 51.1 Å². The molecule has 2 aromatic rings. The van der Waals surface area contributed by atoms with E-state index < -0.39 is 0 Å². The number of halogens is 1. The Kier molecular flexibility index (Phi) is 7.19. The lowest BCUT2D eigenvalue weighted by molar-refractivity contribution is 0.0922. The molecule has 6 heteroatoms. The molecule has 0 bridgehead atoms. The van der Waals surface area contributed by atoms with E-state index in [2.05, 4.69) is 31.1 Å². The van der Waals surface area contributed by atoms with Gasteiger partial charge in [-0.25, -0.2) is 4.98 Å². The zero-order chi connectivity index (χ0) is 16.2. The van der Waals surface area contributed by atoms with Crippen molar-refractivity contribution in [2.75, 3.05) is 0 Å². The van der Waals surface area contributed by atoms with Gasteiger partial charge in [0.25, 0.3) is 5.91 Å². The van der Waals surface area contributed by atoms with E-state index in [-0.39, 0.29) is 29.8 Å². The average Bonchev–Trinajstić information content (AvgIpc) is 2.95. The van der Waals surface area contributed by atoms with E-state index in [0.29, 0.717) is 12.2 Å². The highest BCUT2D eigenvalue weighted by Gasteiger charge is 2.23. The van der Waals surface area contributed by atoms with Crippen LogP contribution in [0.2, 0.25) is 0 Å². The Balaban J connectivity index is 0.00000264. The van der Waals surface area contributed by atoms with Gasteiger partial charge >= 0.3 is 0 Å². The predicted molar refractivity (Wildman–Crippen MR) is 98.0 cm³/mol. The molecule has 1 unspecified atom stereocenters. The third kappa shape index (κ3) is 5.94. The fraction of sp³-hybridized carbons (Fsp3) is 0.412. The van der Waals surface area contributed by atoms with Gasteiger partial charge in [0.15, 0.2) is 0 Å². The Morgan fingerprint density at radius 2 is 1.96 bits per heavy atom. The molecule has 1 amide bonds. The van der Waals surface area contributed by atoms with Gasteiger partial charge in [0.2, 0.25) is 0 Å². The second kappa shape index (κ2) is 8.43. The molecule has 0 aliphatic carbocycles. The summed E-state index contributed by atoms with van der Waals surface area (Å²) in [5.74, 6) is -0.144. The third-order valence-electron chi connectivity index (χ3n) is 3.28. The Morgan fingerprint density at radius 1 is 1.30 bits per heavy atom. The quantitative estimate of drug-likeness (QED) is 0.855. The van der Waals surface area contributed by atoms with Crippen molar-refractivity contribution in [3.05, 3.63) is 52.0 Å². The fourth-order valence-corrected chi connectivity index (χ4v) is 2.95. The van der Waals surface area contributed by atoms with Gasteiger partial charge in [0.05, 0.1) is 6.04 Å². The number of hydrogen-bond donors (Lipinski definition) is 2. The highest BCUT2D eigenvalue weighted by molar-refractivity contribution is 7.09. The molecule has 0 aliphatic heterocycles. The second-order valence-electron chi connectivity index (χ2n) is 6.53. The van der Waals surface area contributed by atoms with E-state index in [9.17, 15) is 4.79 Å². The topological polar surface area (TPSA) is 68.0 Å². The molecule has 1 atom stereocenters. The van der Waals surface area contributed by atoms with E-state index in [0.717, 1.165) is 17.0 Å². The van der Waals surface area contributed by atoms with Gasteiger partial charge in [-0.2, -0.15) is 0 Å². The molecular weight excluding hydrogens is 330 g/mol. The molecule has 4 nitrogen and oxygen atoms in total. The molecule has 1 aromatic carbocycles. The fourth-order valence-electron chi connectivity index (χ4n) is 2.29. The first-order valence-corrected chi connectivity index (χ1v) is 8.27. The standard InChI is InChI=1S/C17H23N3OS.ClH/c1-17(2,3)9-13(12-7-5-4-6-8-12)20-16(21)14-11-22-15(10-18)19-14;/h4-8,11,13H,9-10,18H2,1-3H3,(H,20,21);1H. The lowest BCUT2D eigenvalue weighted by atomic mass is 9.85. The number of aromatic nitrogens is 1. The van der Waals surface area contributed by atoms with Crippen LogP contribution in [-0.4, -0.2) is 10.9 Å². The molecular formula is C17H24ClN3OS. The maximum absolute atomic E-state index is 12.4. The summed E-state index contributed by atoms with van der Waals surface area (Å²) in [4.78, 5) is 16.7. The largest absolute Gasteiger partial charge is 0.344 e. The van der Waals surface area contributed by atoms with E-state index in [1.54, 1.807) is 5.38 Å². The van der Waals surface area contributed by atoms with Crippen molar-refractivity contribution in [2.45, 2.75) is 39.8 Å². The van der Waals surface area contributed by atoms with Crippen molar-refractivity contribution >= 4 is 29.7 Å². The normalized spacial score (nSPS) is 12.3. The number of nitrogens with zero attached hydrogens (tertiary/aromatic N) is 1. The Bertz CT molecular complexity index is 622. The highest BCUT2D eigenvalue weighted by Crippen LogP contribution is 2.29. The monoisotopic (exact) mass is 353 g/mol. The minimum atomic E-state index is -0.144. The number of hydrogen-bond acceptors (Lipinski definition) is 4. The smallest absolute Gasteiger partial charge is 0.271 e.